The second kappa shape index (κ2) is 5.34. The molecule has 3 nitrogen and oxygen atoms in total. The summed E-state index contributed by atoms with van der Waals surface area (Å²) in [7, 11) is 0. The summed E-state index contributed by atoms with van der Waals surface area (Å²) in [5.41, 5.74) is 8.20. The van der Waals surface area contributed by atoms with Crippen molar-refractivity contribution in [3.63, 3.8) is 0 Å². The van der Waals surface area contributed by atoms with Gasteiger partial charge in [-0.15, -0.1) is 0 Å². The van der Waals surface area contributed by atoms with E-state index in [-0.39, 0.29) is 5.91 Å². The van der Waals surface area contributed by atoms with E-state index >= 15 is 0 Å². The summed E-state index contributed by atoms with van der Waals surface area (Å²) >= 11 is 0. The number of para-hydroxylation sites is 1. The number of nitrogens with zero attached hydrogens (tertiary/aromatic N) is 2. The molecule has 3 aliphatic rings. The number of anilines is 1. The molecular weight excluding hydrogens is 332 g/mol. The van der Waals surface area contributed by atoms with E-state index in [1.54, 1.807) is 0 Å². The highest BCUT2D eigenvalue weighted by molar-refractivity contribution is 6.05. The number of rotatable bonds is 0. The van der Waals surface area contributed by atoms with Crippen molar-refractivity contribution in [1.82, 2.24) is 4.90 Å². The molecule has 3 aromatic rings. The topological polar surface area (TPSA) is 23.6 Å². The van der Waals surface area contributed by atoms with Crippen LogP contribution in [0.15, 0.2) is 78.6 Å². The van der Waals surface area contributed by atoms with E-state index in [9.17, 15) is 4.79 Å². The largest absolute Gasteiger partial charge is 0.322 e. The highest BCUT2D eigenvalue weighted by Gasteiger charge is 2.40. The summed E-state index contributed by atoms with van der Waals surface area (Å²) in [5, 5.41) is 0. The van der Waals surface area contributed by atoms with Crippen molar-refractivity contribution in [1.29, 1.82) is 0 Å². The summed E-state index contributed by atoms with van der Waals surface area (Å²) in [4.78, 5) is 17.7. The molecule has 0 aromatic heterocycles. The summed E-state index contributed by atoms with van der Waals surface area (Å²) in [6.45, 7) is 1.42. The van der Waals surface area contributed by atoms with Crippen molar-refractivity contribution in [2.45, 2.75) is 19.5 Å². The lowest BCUT2D eigenvalue weighted by Crippen LogP contribution is -2.45. The third kappa shape index (κ3) is 2.00. The van der Waals surface area contributed by atoms with E-state index < -0.39 is 0 Å². The zero-order chi connectivity index (χ0) is 18.0. The van der Waals surface area contributed by atoms with E-state index in [0.29, 0.717) is 6.54 Å². The van der Waals surface area contributed by atoms with Crippen LogP contribution < -0.4 is 4.90 Å². The molecule has 1 amide bonds. The second-order valence-electron chi connectivity index (χ2n) is 7.40. The molecule has 0 bridgehead atoms. The molecule has 0 atom stereocenters. The fraction of sp³-hybridized carbons (Fsp3) is 0.125. The maximum Gasteiger partial charge on any atom is 0.261 e. The van der Waals surface area contributed by atoms with Crippen LogP contribution in [0.1, 0.15) is 32.6 Å². The Labute approximate surface area is 158 Å². The Morgan fingerprint density at radius 2 is 1.26 bits per heavy atom. The molecule has 27 heavy (non-hydrogen) atoms. The van der Waals surface area contributed by atoms with Crippen molar-refractivity contribution in [3.8, 4) is 0 Å². The lowest BCUT2D eigenvalue weighted by atomic mass is 9.89. The van der Waals surface area contributed by atoms with Gasteiger partial charge in [0.05, 0.1) is 24.3 Å². The quantitative estimate of drug-likeness (QED) is 0.592. The predicted octanol–water partition coefficient (Wildman–Crippen LogP) is 4.59. The van der Waals surface area contributed by atoms with E-state index in [1.807, 2.05) is 23.1 Å². The normalized spacial score (nSPS) is 17.0. The van der Waals surface area contributed by atoms with E-state index in [2.05, 4.69) is 59.5 Å². The van der Waals surface area contributed by atoms with Crippen molar-refractivity contribution in [3.05, 3.63) is 106 Å². The van der Waals surface area contributed by atoms with Gasteiger partial charge in [-0.05, 0) is 34.4 Å². The molecule has 0 saturated heterocycles. The van der Waals surface area contributed by atoms with Crippen LogP contribution in [0.5, 0.6) is 0 Å². The monoisotopic (exact) mass is 350 g/mol. The zero-order valence-electron chi connectivity index (χ0n) is 14.9. The van der Waals surface area contributed by atoms with Crippen LogP contribution in [0, 0.1) is 0 Å². The number of amides is 1. The van der Waals surface area contributed by atoms with Crippen LogP contribution in [0.2, 0.25) is 0 Å². The molecule has 0 spiro atoms. The number of benzene rings is 3. The minimum Gasteiger partial charge on any atom is -0.322 e. The summed E-state index contributed by atoms with van der Waals surface area (Å²) in [5.74, 6) is 1.17. The van der Waals surface area contributed by atoms with Crippen molar-refractivity contribution in [2.24, 2.45) is 0 Å². The lowest BCUT2D eigenvalue weighted by molar-refractivity contribution is 0.0783. The zero-order valence-corrected chi connectivity index (χ0v) is 14.9. The Kier molecular flexibility index (Phi) is 2.92. The van der Waals surface area contributed by atoms with Gasteiger partial charge in [0.15, 0.2) is 0 Å². The Morgan fingerprint density at radius 3 is 2.11 bits per heavy atom. The predicted molar refractivity (Wildman–Crippen MR) is 106 cm³/mol. The summed E-state index contributed by atoms with van der Waals surface area (Å²) in [6.07, 6.45) is 0.852. The van der Waals surface area contributed by atoms with Gasteiger partial charge in [0, 0.05) is 12.0 Å². The van der Waals surface area contributed by atoms with Crippen LogP contribution in [0.25, 0.3) is 5.57 Å². The average Bonchev–Trinajstić information content (AvgIpc) is 2.89. The van der Waals surface area contributed by atoms with Gasteiger partial charge in [-0.25, -0.2) is 0 Å². The van der Waals surface area contributed by atoms with Crippen LogP contribution in [-0.2, 0) is 19.5 Å². The smallest absolute Gasteiger partial charge is 0.261 e. The number of fused-ring (bicyclic) bond motifs is 5. The molecule has 3 aliphatic heterocycles. The molecule has 3 aromatic carbocycles. The lowest BCUT2D eigenvalue weighted by Gasteiger charge is -2.43. The van der Waals surface area contributed by atoms with Gasteiger partial charge in [-0.1, -0.05) is 60.7 Å². The van der Waals surface area contributed by atoms with Crippen LogP contribution in [0.4, 0.5) is 5.69 Å². The Hall–Kier alpha value is -3.33. The molecular formula is C24H18N2O. The minimum atomic E-state index is 0.102. The van der Waals surface area contributed by atoms with Gasteiger partial charge in [-0.2, -0.15) is 0 Å². The van der Waals surface area contributed by atoms with Crippen molar-refractivity contribution >= 4 is 17.2 Å². The molecule has 0 fully saturated rings. The fourth-order valence-electron chi connectivity index (χ4n) is 4.69. The van der Waals surface area contributed by atoms with Gasteiger partial charge < -0.3 is 4.90 Å². The highest BCUT2D eigenvalue weighted by atomic mass is 16.2. The number of carbonyl (C=O) groups excluding carboxylic acids is 1. The SMILES string of the molecule is O=C1c2ccccc2N2Cc3ccccc3C3=C2N1Cc1ccccc1C3. The van der Waals surface area contributed by atoms with Crippen molar-refractivity contribution in [2.75, 3.05) is 4.90 Å². The van der Waals surface area contributed by atoms with Gasteiger partial charge in [0.25, 0.3) is 5.91 Å². The number of hydrogen-bond donors (Lipinski definition) is 0. The van der Waals surface area contributed by atoms with E-state index in [4.69, 9.17) is 0 Å². The highest BCUT2D eigenvalue weighted by Crippen LogP contribution is 2.45. The molecule has 3 heteroatoms. The Morgan fingerprint density at radius 1 is 0.630 bits per heavy atom. The fourth-order valence-corrected chi connectivity index (χ4v) is 4.69. The molecule has 0 N–H and O–H groups in total. The molecule has 3 heterocycles. The van der Waals surface area contributed by atoms with Crippen LogP contribution in [-0.4, -0.2) is 10.8 Å². The molecule has 130 valence electrons. The average molecular weight is 350 g/mol. The third-order valence-electron chi connectivity index (χ3n) is 5.94. The maximum atomic E-state index is 13.4. The van der Waals surface area contributed by atoms with Crippen LogP contribution in [0.3, 0.4) is 0 Å². The standard InChI is InChI=1S/C24H18N2O/c27-24-20-11-5-6-12-22(20)25-15-18-9-3-4-10-19(18)21-13-16-7-1-2-8-17(16)14-26(24)23(21)25/h1-12H,13-15H2. The third-order valence-corrected chi connectivity index (χ3v) is 5.94. The van der Waals surface area contributed by atoms with E-state index in [1.165, 1.54) is 27.8 Å². The maximum absolute atomic E-state index is 13.4. The van der Waals surface area contributed by atoms with Crippen molar-refractivity contribution < 1.29 is 4.79 Å². The molecule has 6 rings (SSSR count). The van der Waals surface area contributed by atoms with Gasteiger partial charge >= 0.3 is 0 Å². The van der Waals surface area contributed by atoms with E-state index in [0.717, 1.165) is 30.0 Å². The first-order valence-electron chi connectivity index (χ1n) is 9.38. The number of carbonyl (C=O) groups is 1. The first-order valence-corrected chi connectivity index (χ1v) is 9.38. The first-order chi connectivity index (χ1) is 13.3. The number of allylic oxidation sites excluding steroid dienone is 1. The second-order valence-corrected chi connectivity index (χ2v) is 7.40. The first kappa shape index (κ1) is 14.8. The Bertz CT molecular complexity index is 1140. The van der Waals surface area contributed by atoms with Crippen LogP contribution >= 0.6 is 0 Å². The summed E-state index contributed by atoms with van der Waals surface area (Å²) < 4.78 is 0. The van der Waals surface area contributed by atoms with Gasteiger partial charge in [0.2, 0.25) is 0 Å². The van der Waals surface area contributed by atoms with Gasteiger partial charge in [-0.3, -0.25) is 9.69 Å². The Balaban J connectivity index is 1.68. The summed E-state index contributed by atoms with van der Waals surface area (Å²) in [6, 6.07) is 25.1. The number of hydrogen-bond acceptors (Lipinski definition) is 2. The minimum absolute atomic E-state index is 0.102. The molecule has 0 saturated carbocycles. The van der Waals surface area contributed by atoms with Gasteiger partial charge in [0.1, 0.15) is 5.82 Å². The molecule has 0 radical (unpaired) electrons. The molecule has 0 aliphatic carbocycles. The molecule has 0 unspecified atom stereocenters.